The Hall–Kier alpha value is -2.93. The summed E-state index contributed by atoms with van der Waals surface area (Å²) in [6.07, 6.45) is 2.24. The van der Waals surface area contributed by atoms with Gasteiger partial charge in [0.2, 0.25) is 0 Å². The largest absolute Gasteiger partial charge is 0.444 e. The molecule has 2 aromatic carbocycles. The number of ether oxygens (including phenoxy) is 1. The van der Waals surface area contributed by atoms with Crippen molar-refractivity contribution in [1.82, 2.24) is 14.7 Å². The third-order valence-corrected chi connectivity index (χ3v) is 5.74. The summed E-state index contributed by atoms with van der Waals surface area (Å²) in [6.45, 7) is 7.88. The quantitative estimate of drug-likeness (QED) is 0.642. The van der Waals surface area contributed by atoms with Crippen LogP contribution in [0.3, 0.4) is 0 Å². The highest BCUT2D eigenvalue weighted by molar-refractivity contribution is 5.81. The number of nitrogens with zero attached hydrogens (tertiary/aromatic N) is 3. The van der Waals surface area contributed by atoms with Crippen molar-refractivity contribution in [3.63, 3.8) is 0 Å². The van der Waals surface area contributed by atoms with Crippen molar-refractivity contribution in [3.8, 4) is 5.69 Å². The van der Waals surface area contributed by atoms with Crippen LogP contribution in [0.15, 0.2) is 48.7 Å². The first kappa shape index (κ1) is 21.3. The number of halogens is 1. The minimum atomic E-state index is -1.04. The van der Waals surface area contributed by atoms with Crippen LogP contribution in [0.2, 0.25) is 0 Å². The summed E-state index contributed by atoms with van der Waals surface area (Å²) in [7, 11) is 0. The highest BCUT2D eigenvalue weighted by atomic mass is 19.1. The molecule has 6 nitrogen and oxygen atoms in total. The van der Waals surface area contributed by atoms with Crippen molar-refractivity contribution in [3.05, 3.63) is 60.0 Å². The number of hydrogen-bond acceptors (Lipinski definition) is 4. The van der Waals surface area contributed by atoms with Crippen LogP contribution in [0.1, 0.15) is 46.1 Å². The molecule has 2 heterocycles. The highest BCUT2D eigenvalue weighted by Crippen LogP contribution is 2.37. The van der Waals surface area contributed by atoms with Crippen LogP contribution < -0.4 is 0 Å². The number of likely N-dealkylation sites (tertiary alicyclic amines) is 1. The van der Waals surface area contributed by atoms with Gasteiger partial charge in [0.05, 0.1) is 23.0 Å². The second-order valence-corrected chi connectivity index (χ2v) is 9.31. The van der Waals surface area contributed by atoms with Gasteiger partial charge in [0.15, 0.2) is 0 Å². The number of piperidine rings is 1. The molecule has 1 aromatic heterocycles. The van der Waals surface area contributed by atoms with E-state index in [4.69, 9.17) is 4.74 Å². The van der Waals surface area contributed by atoms with Gasteiger partial charge in [-0.05, 0) is 76.1 Å². The molecule has 2 atom stereocenters. The predicted molar refractivity (Wildman–Crippen MR) is 117 cm³/mol. The standard InChI is InChI=1S/C24H28FN3O3/c1-16-14-24(30,11-12-27(16)22(29)31-23(2,3)4)18-5-10-21-17(13-18)15-26-28(21)20-8-6-19(25)7-9-20/h5-10,13,15-16,30H,11-12,14H2,1-4H3/t16-,24?/m1/s1. The van der Waals surface area contributed by atoms with Crippen molar-refractivity contribution in [2.24, 2.45) is 0 Å². The van der Waals surface area contributed by atoms with Crippen LogP contribution in [-0.4, -0.2) is 44.1 Å². The number of amides is 1. The van der Waals surface area contributed by atoms with Crippen molar-refractivity contribution in [2.45, 2.75) is 57.8 Å². The fourth-order valence-electron chi connectivity index (χ4n) is 4.19. The number of hydrogen-bond donors (Lipinski definition) is 1. The van der Waals surface area contributed by atoms with E-state index in [1.54, 1.807) is 27.9 Å². The fourth-order valence-corrected chi connectivity index (χ4v) is 4.19. The zero-order chi connectivity index (χ0) is 22.4. The number of carbonyl (C=O) groups excluding carboxylic acids is 1. The van der Waals surface area contributed by atoms with Gasteiger partial charge in [0, 0.05) is 24.4 Å². The monoisotopic (exact) mass is 425 g/mol. The molecule has 1 saturated heterocycles. The normalized spacial score (nSPS) is 22.0. The molecule has 3 aromatic rings. The zero-order valence-electron chi connectivity index (χ0n) is 18.3. The van der Waals surface area contributed by atoms with Crippen LogP contribution >= 0.6 is 0 Å². The van der Waals surface area contributed by atoms with Crippen LogP contribution in [0, 0.1) is 5.82 Å². The maximum atomic E-state index is 13.2. The van der Waals surface area contributed by atoms with Gasteiger partial charge in [0.1, 0.15) is 11.4 Å². The predicted octanol–water partition coefficient (Wildman–Crippen LogP) is 4.77. The summed E-state index contributed by atoms with van der Waals surface area (Å²) < 4.78 is 20.5. The Labute approximate surface area is 181 Å². The summed E-state index contributed by atoms with van der Waals surface area (Å²) in [6, 6.07) is 11.8. The SMILES string of the molecule is C[C@@H]1CC(O)(c2ccc3c(cnn3-c3ccc(F)cc3)c2)CCN1C(=O)OC(C)(C)C. The summed E-state index contributed by atoms with van der Waals surface area (Å²) in [5.41, 5.74) is 0.847. The Morgan fingerprint density at radius 3 is 2.58 bits per heavy atom. The third kappa shape index (κ3) is 4.28. The second-order valence-electron chi connectivity index (χ2n) is 9.31. The smallest absolute Gasteiger partial charge is 0.410 e. The lowest BCUT2D eigenvalue weighted by atomic mass is 9.81. The minimum absolute atomic E-state index is 0.161. The average molecular weight is 426 g/mol. The van der Waals surface area contributed by atoms with Gasteiger partial charge in [-0.25, -0.2) is 13.9 Å². The number of fused-ring (bicyclic) bond motifs is 1. The summed E-state index contributed by atoms with van der Waals surface area (Å²) in [4.78, 5) is 14.2. The highest BCUT2D eigenvalue weighted by Gasteiger charge is 2.40. The third-order valence-electron chi connectivity index (χ3n) is 5.74. The van der Waals surface area contributed by atoms with Crippen LogP contribution in [0.25, 0.3) is 16.6 Å². The molecule has 164 valence electrons. The molecule has 1 unspecified atom stereocenters. The number of benzene rings is 2. The minimum Gasteiger partial charge on any atom is -0.444 e. The molecule has 0 bridgehead atoms. The Morgan fingerprint density at radius 1 is 1.23 bits per heavy atom. The number of rotatable bonds is 2. The Balaban J connectivity index is 1.56. The molecule has 1 N–H and O–H groups in total. The van der Waals surface area contributed by atoms with Crippen LogP contribution in [-0.2, 0) is 10.3 Å². The maximum Gasteiger partial charge on any atom is 0.410 e. The lowest BCUT2D eigenvalue weighted by molar-refractivity contribution is -0.0545. The first-order valence-corrected chi connectivity index (χ1v) is 10.5. The molecule has 7 heteroatoms. The lowest BCUT2D eigenvalue weighted by Crippen LogP contribution is -2.51. The van der Waals surface area contributed by atoms with E-state index in [2.05, 4.69) is 5.10 Å². The van der Waals surface area contributed by atoms with E-state index in [0.29, 0.717) is 19.4 Å². The van der Waals surface area contributed by atoms with Gasteiger partial charge >= 0.3 is 6.09 Å². The summed E-state index contributed by atoms with van der Waals surface area (Å²) in [5.74, 6) is -0.295. The van der Waals surface area contributed by atoms with E-state index in [-0.39, 0.29) is 18.0 Å². The molecule has 0 aliphatic carbocycles. The first-order chi connectivity index (χ1) is 14.6. The average Bonchev–Trinajstić information content (AvgIpc) is 3.10. The summed E-state index contributed by atoms with van der Waals surface area (Å²) >= 11 is 0. The van der Waals surface area contributed by atoms with E-state index in [0.717, 1.165) is 22.2 Å². The van der Waals surface area contributed by atoms with Gasteiger partial charge in [0.25, 0.3) is 0 Å². The van der Waals surface area contributed by atoms with E-state index >= 15 is 0 Å². The second kappa shape index (κ2) is 7.64. The molecule has 4 rings (SSSR count). The van der Waals surface area contributed by atoms with Crippen molar-refractivity contribution in [1.29, 1.82) is 0 Å². The van der Waals surface area contributed by atoms with Gasteiger partial charge in [-0.15, -0.1) is 0 Å². The molecular weight excluding hydrogens is 397 g/mol. The van der Waals surface area contributed by atoms with Gasteiger partial charge in [-0.1, -0.05) is 6.07 Å². The molecular formula is C24H28FN3O3. The van der Waals surface area contributed by atoms with E-state index in [1.807, 2.05) is 45.9 Å². The number of aliphatic hydroxyl groups is 1. The van der Waals surface area contributed by atoms with Crippen molar-refractivity contribution >= 4 is 17.0 Å². The van der Waals surface area contributed by atoms with Gasteiger partial charge in [-0.3, -0.25) is 0 Å². The zero-order valence-corrected chi connectivity index (χ0v) is 18.3. The molecule has 0 saturated carbocycles. The molecule has 1 aliphatic heterocycles. The van der Waals surface area contributed by atoms with Gasteiger partial charge in [-0.2, -0.15) is 5.10 Å². The van der Waals surface area contributed by atoms with Crippen molar-refractivity contribution in [2.75, 3.05) is 6.54 Å². The molecule has 1 amide bonds. The van der Waals surface area contributed by atoms with Crippen LogP contribution in [0.5, 0.6) is 0 Å². The first-order valence-electron chi connectivity index (χ1n) is 10.5. The number of carbonyl (C=O) groups is 1. The van der Waals surface area contributed by atoms with Crippen molar-refractivity contribution < 1.29 is 19.0 Å². The topological polar surface area (TPSA) is 67.6 Å². The molecule has 1 fully saturated rings. The fraction of sp³-hybridized carbons (Fsp3) is 0.417. The van der Waals surface area contributed by atoms with E-state index in [9.17, 15) is 14.3 Å². The van der Waals surface area contributed by atoms with E-state index in [1.165, 1.54) is 12.1 Å². The molecule has 31 heavy (non-hydrogen) atoms. The lowest BCUT2D eigenvalue weighted by Gasteiger charge is -2.43. The Kier molecular flexibility index (Phi) is 5.25. The Morgan fingerprint density at radius 2 is 1.94 bits per heavy atom. The van der Waals surface area contributed by atoms with Gasteiger partial charge < -0.3 is 14.7 Å². The summed E-state index contributed by atoms with van der Waals surface area (Å²) in [5, 5.41) is 16.7. The van der Waals surface area contributed by atoms with E-state index < -0.39 is 11.2 Å². The maximum absolute atomic E-state index is 13.2. The molecule has 1 aliphatic rings. The molecule has 0 radical (unpaired) electrons. The van der Waals surface area contributed by atoms with Crippen LogP contribution in [0.4, 0.5) is 9.18 Å². The number of aromatic nitrogens is 2. The molecule has 0 spiro atoms. The Bertz CT molecular complexity index is 1100.